The van der Waals surface area contributed by atoms with Crippen molar-refractivity contribution in [2.75, 3.05) is 6.54 Å². The van der Waals surface area contributed by atoms with Gasteiger partial charge in [0.25, 0.3) is 0 Å². The number of nitrogens with zero attached hydrogens (tertiary/aromatic N) is 4. The van der Waals surface area contributed by atoms with Crippen LogP contribution in [0.4, 0.5) is 8.78 Å². The molecule has 0 bridgehead atoms. The van der Waals surface area contributed by atoms with Crippen LogP contribution in [0.1, 0.15) is 23.6 Å². The average Bonchev–Trinajstić information content (AvgIpc) is 3.03. The summed E-state index contributed by atoms with van der Waals surface area (Å²) in [4.78, 5) is 0. The second-order valence-corrected chi connectivity index (χ2v) is 4.94. The fourth-order valence-electron chi connectivity index (χ4n) is 2.47. The van der Waals surface area contributed by atoms with Crippen LogP contribution in [0.2, 0.25) is 0 Å². The fourth-order valence-corrected chi connectivity index (χ4v) is 2.47. The molecule has 0 fully saturated rings. The minimum absolute atomic E-state index is 0.0719. The summed E-state index contributed by atoms with van der Waals surface area (Å²) in [5, 5.41) is 17.4. The summed E-state index contributed by atoms with van der Waals surface area (Å²) in [5.41, 5.74) is 4.68. The number of halogens is 2. The van der Waals surface area contributed by atoms with Crippen LogP contribution < -0.4 is 10.2 Å². The zero-order chi connectivity index (χ0) is 16.2. The molecule has 2 heterocycles. The molecule has 0 radical (unpaired) electrons. The number of ether oxygens (including phenoxy) is 1. The molecule has 1 unspecified atom stereocenters. The van der Waals surface area contributed by atoms with E-state index in [2.05, 4.69) is 20.4 Å². The first-order valence-corrected chi connectivity index (χ1v) is 6.97. The van der Waals surface area contributed by atoms with Gasteiger partial charge in [-0.2, -0.15) is 24.2 Å². The lowest BCUT2D eigenvalue weighted by molar-refractivity contribution is -0.0498. The van der Waals surface area contributed by atoms with Gasteiger partial charge in [0.1, 0.15) is 11.8 Å². The first-order valence-electron chi connectivity index (χ1n) is 6.97. The van der Waals surface area contributed by atoms with Gasteiger partial charge in [0, 0.05) is 18.3 Å². The lowest BCUT2D eigenvalue weighted by atomic mass is 9.99. The minimum atomic E-state index is -2.88. The van der Waals surface area contributed by atoms with Gasteiger partial charge >= 0.3 is 6.61 Å². The number of hydrogen-bond donors (Lipinski definition) is 1. The number of nitriles is 1. The molecule has 0 amide bonds. The highest BCUT2D eigenvalue weighted by molar-refractivity contribution is 6.03. The fraction of sp³-hybridized carbons (Fsp3) is 0.267. The van der Waals surface area contributed by atoms with E-state index < -0.39 is 6.61 Å². The maximum absolute atomic E-state index is 12.4. The Balaban J connectivity index is 1.93. The molecule has 2 aromatic rings. The normalized spacial score (nSPS) is 17.3. The standard InChI is InChI=1S/C15H13F2N5O/c16-15(17)23-12-3-1-2-11(6-12)14-13(4-5-19-21-14)22-9-10(7-18)8-20-22/h1-3,6,8-9,13,15,19H,4-5H2. The molecule has 1 aliphatic heterocycles. The highest BCUT2D eigenvalue weighted by atomic mass is 19.3. The van der Waals surface area contributed by atoms with Crippen LogP contribution in [0.15, 0.2) is 41.8 Å². The second kappa shape index (κ2) is 6.44. The Kier molecular flexibility index (Phi) is 4.19. The van der Waals surface area contributed by atoms with E-state index in [0.29, 0.717) is 29.8 Å². The molecular formula is C15H13F2N5O. The Hall–Kier alpha value is -2.95. The number of alkyl halides is 2. The number of benzene rings is 1. The van der Waals surface area contributed by atoms with Crippen LogP contribution in [0.5, 0.6) is 5.75 Å². The van der Waals surface area contributed by atoms with Gasteiger partial charge < -0.3 is 10.2 Å². The third kappa shape index (κ3) is 3.29. The van der Waals surface area contributed by atoms with Crippen molar-refractivity contribution < 1.29 is 13.5 Å². The molecule has 1 aromatic carbocycles. The topological polar surface area (TPSA) is 75.2 Å². The molecular weight excluding hydrogens is 304 g/mol. The zero-order valence-corrected chi connectivity index (χ0v) is 12.0. The van der Waals surface area contributed by atoms with Crippen molar-refractivity contribution in [1.29, 1.82) is 5.26 Å². The SMILES string of the molecule is N#Cc1cnn(C2CCNN=C2c2cccc(OC(F)F)c2)c1. The van der Waals surface area contributed by atoms with Gasteiger partial charge in [-0.05, 0) is 18.6 Å². The van der Waals surface area contributed by atoms with E-state index in [1.807, 2.05) is 6.07 Å². The quantitative estimate of drug-likeness (QED) is 0.939. The van der Waals surface area contributed by atoms with Crippen molar-refractivity contribution in [3.8, 4) is 11.8 Å². The summed E-state index contributed by atoms with van der Waals surface area (Å²) in [7, 11) is 0. The van der Waals surface area contributed by atoms with Gasteiger partial charge in [0.15, 0.2) is 0 Å². The van der Waals surface area contributed by atoms with Crippen LogP contribution in [0.3, 0.4) is 0 Å². The minimum Gasteiger partial charge on any atom is -0.435 e. The maximum atomic E-state index is 12.4. The van der Waals surface area contributed by atoms with Crippen molar-refractivity contribution in [1.82, 2.24) is 15.2 Å². The Morgan fingerprint density at radius 3 is 3.04 bits per heavy atom. The Morgan fingerprint density at radius 1 is 1.43 bits per heavy atom. The molecule has 8 heteroatoms. The molecule has 0 spiro atoms. The number of aromatic nitrogens is 2. The Morgan fingerprint density at radius 2 is 2.30 bits per heavy atom. The van der Waals surface area contributed by atoms with E-state index in [1.165, 1.54) is 18.3 Å². The molecule has 1 aromatic heterocycles. The summed E-state index contributed by atoms with van der Waals surface area (Å²) >= 11 is 0. The molecule has 0 saturated heterocycles. The monoisotopic (exact) mass is 317 g/mol. The van der Waals surface area contributed by atoms with Gasteiger partial charge in [-0.1, -0.05) is 12.1 Å². The molecule has 118 valence electrons. The van der Waals surface area contributed by atoms with Gasteiger partial charge in [0.05, 0.1) is 23.5 Å². The summed E-state index contributed by atoms with van der Waals surface area (Å²) in [6.45, 7) is -2.22. The van der Waals surface area contributed by atoms with Gasteiger partial charge in [-0.25, -0.2) is 0 Å². The summed E-state index contributed by atoms with van der Waals surface area (Å²) in [6, 6.07) is 8.22. The molecule has 0 saturated carbocycles. The molecule has 23 heavy (non-hydrogen) atoms. The van der Waals surface area contributed by atoms with Crippen molar-refractivity contribution >= 4 is 5.71 Å². The van der Waals surface area contributed by atoms with Crippen molar-refractivity contribution in [2.24, 2.45) is 5.10 Å². The van der Waals surface area contributed by atoms with Gasteiger partial charge in [-0.15, -0.1) is 0 Å². The predicted octanol–water partition coefficient (Wildman–Crippen LogP) is 2.29. The lowest BCUT2D eigenvalue weighted by Crippen LogP contribution is -2.31. The molecule has 1 atom stereocenters. The number of hydrogen-bond acceptors (Lipinski definition) is 5. The lowest BCUT2D eigenvalue weighted by Gasteiger charge is -2.24. The van der Waals surface area contributed by atoms with E-state index >= 15 is 0 Å². The van der Waals surface area contributed by atoms with E-state index in [4.69, 9.17) is 5.26 Å². The van der Waals surface area contributed by atoms with E-state index in [0.717, 1.165) is 0 Å². The molecule has 3 rings (SSSR count). The molecule has 1 N–H and O–H groups in total. The summed E-state index contributed by atoms with van der Waals surface area (Å²) in [5.74, 6) is 0.0719. The Bertz CT molecular complexity index is 765. The number of nitrogens with one attached hydrogen (secondary N) is 1. The average molecular weight is 317 g/mol. The third-order valence-electron chi connectivity index (χ3n) is 3.45. The van der Waals surface area contributed by atoms with Crippen molar-refractivity contribution in [3.63, 3.8) is 0 Å². The predicted molar refractivity (Wildman–Crippen MR) is 78.2 cm³/mol. The van der Waals surface area contributed by atoms with Crippen LogP contribution >= 0.6 is 0 Å². The molecule has 6 nitrogen and oxygen atoms in total. The summed E-state index contributed by atoms with van der Waals surface area (Å²) in [6.07, 6.45) is 3.84. The maximum Gasteiger partial charge on any atom is 0.387 e. The first-order chi connectivity index (χ1) is 11.2. The molecule has 0 aliphatic carbocycles. The third-order valence-corrected chi connectivity index (χ3v) is 3.45. The smallest absolute Gasteiger partial charge is 0.387 e. The first kappa shape index (κ1) is 15.0. The summed E-state index contributed by atoms with van der Waals surface area (Å²) < 4.78 is 30.8. The highest BCUT2D eigenvalue weighted by Gasteiger charge is 2.24. The van der Waals surface area contributed by atoms with E-state index in [9.17, 15) is 8.78 Å². The Labute approximate surface area is 131 Å². The number of rotatable bonds is 4. The molecule has 1 aliphatic rings. The van der Waals surface area contributed by atoms with Crippen LogP contribution in [-0.4, -0.2) is 28.6 Å². The highest BCUT2D eigenvalue weighted by Crippen LogP contribution is 2.24. The van der Waals surface area contributed by atoms with Crippen LogP contribution in [-0.2, 0) is 0 Å². The van der Waals surface area contributed by atoms with E-state index in [1.54, 1.807) is 23.0 Å². The van der Waals surface area contributed by atoms with Crippen molar-refractivity contribution in [2.45, 2.75) is 19.1 Å². The van der Waals surface area contributed by atoms with Gasteiger partial charge in [-0.3, -0.25) is 4.68 Å². The van der Waals surface area contributed by atoms with Crippen molar-refractivity contribution in [3.05, 3.63) is 47.8 Å². The zero-order valence-electron chi connectivity index (χ0n) is 12.0. The van der Waals surface area contributed by atoms with Gasteiger partial charge in [0.2, 0.25) is 0 Å². The van der Waals surface area contributed by atoms with E-state index in [-0.39, 0.29) is 11.8 Å². The largest absolute Gasteiger partial charge is 0.435 e. The number of hydrazone groups is 1. The van der Waals surface area contributed by atoms with Crippen LogP contribution in [0, 0.1) is 11.3 Å². The second-order valence-electron chi connectivity index (χ2n) is 4.94. The van der Waals surface area contributed by atoms with Crippen LogP contribution in [0.25, 0.3) is 0 Å².